The lowest BCUT2D eigenvalue weighted by Crippen LogP contribution is -2.43. The van der Waals surface area contributed by atoms with Crippen molar-refractivity contribution in [3.63, 3.8) is 0 Å². The summed E-state index contributed by atoms with van der Waals surface area (Å²) in [5, 5.41) is 7.99. The molecule has 2 saturated carbocycles. The highest BCUT2D eigenvalue weighted by Crippen LogP contribution is 2.54. The molecule has 0 radical (unpaired) electrons. The molecule has 2 amide bonds. The van der Waals surface area contributed by atoms with Gasteiger partial charge < -0.3 is 28.6 Å². The van der Waals surface area contributed by atoms with E-state index >= 15 is 0 Å². The number of fused-ring (bicyclic) bond motifs is 2. The van der Waals surface area contributed by atoms with Crippen LogP contribution in [0.5, 0.6) is 0 Å². The predicted molar refractivity (Wildman–Crippen MR) is 233 cm³/mol. The van der Waals surface area contributed by atoms with Gasteiger partial charge in [-0.05, 0) is 162 Å². The number of azide groups is 2. The number of carbonyl (C=O) groups excluding carboxylic acids is 4. The normalized spacial score (nSPS) is 31.7. The lowest BCUT2D eigenvalue weighted by molar-refractivity contribution is -0.124. The first-order valence-electron chi connectivity index (χ1n) is 20.3. The lowest BCUT2D eigenvalue weighted by Gasteiger charge is -2.33. The van der Waals surface area contributed by atoms with Gasteiger partial charge in [0.05, 0.1) is 11.2 Å². The van der Waals surface area contributed by atoms with E-state index in [9.17, 15) is 24.7 Å². The Balaban J connectivity index is 0.00000116. The van der Waals surface area contributed by atoms with Crippen molar-refractivity contribution < 1.29 is 42.2 Å². The molecule has 2 aliphatic carbocycles. The van der Waals surface area contributed by atoms with Crippen LogP contribution in [-0.4, -0.2) is 100 Å². The van der Waals surface area contributed by atoms with E-state index in [0.717, 1.165) is 6.42 Å². The van der Waals surface area contributed by atoms with Crippen LogP contribution in [0.4, 0.5) is 9.59 Å². The van der Waals surface area contributed by atoms with Crippen LogP contribution in [0.15, 0.2) is 22.9 Å². The summed E-state index contributed by atoms with van der Waals surface area (Å²) >= 11 is 0. The lowest BCUT2D eigenvalue weighted by atomic mass is 9.74. The van der Waals surface area contributed by atoms with Crippen molar-refractivity contribution in [1.29, 1.82) is 0 Å². The van der Waals surface area contributed by atoms with Crippen molar-refractivity contribution in [2.24, 2.45) is 45.7 Å². The second-order valence-electron chi connectivity index (χ2n) is 19.7. The molecule has 16 nitrogen and oxygen atoms in total. The van der Waals surface area contributed by atoms with Crippen molar-refractivity contribution >= 4 is 40.8 Å². The SMILES string of the molecule is C=CC[C@H]1[C@@H]2CN(C(=O)OC(C)(C)C)C[C@@H]2C[C@@]1(N=[N+]=[N-])C(C)=O.CC(=O)[C@]1(N=[N+]=[N-])C[C@H]2CN(C(=O)OC(C)(C)C)C[C@H]2[C@@H]1CCCB1OC(C)(C)C(C)(C)O1.P.[HH].[HH].[HH]. The minimum atomic E-state index is -1.06. The predicted octanol–water partition coefficient (Wildman–Crippen LogP) is 9.50. The Morgan fingerprint density at radius 3 is 1.55 bits per heavy atom. The molecule has 1 unspecified atom stereocenters. The first-order valence-corrected chi connectivity index (χ1v) is 20.3. The molecule has 0 aromatic rings. The van der Waals surface area contributed by atoms with Gasteiger partial charge in [-0.1, -0.05) is 22.7 Å². The number of hydrogen-bond acceptors (Lipinski definition) is 10. The van der Waals surface area contributed by atoms with Crippen molar-refractivity contribution in [2.75, 3.05) is 26.2 Å². The number of likely N-dealkylation sites (tertiary alicyclic amines) is 2. The van der Waals surface area contributed by atoms with Gasteiger partial charge in [0.15, 0.2) is 0 Å². The first-order chi connectivity index (χ1) is 26.3. The molecule has 5 aliphatic rings. The third-order valence-electron chi connectivity index (χ3n) is 13.0. The highest BCUT2D eigenvalue weighted by Gasteiger charge is 2.60. The summed E-state index contributed by atoms with van der Waals surface area (Å²) in [7, 11) is -0.305. The van der Waals surface area contributed by atoms with E-state index in [4.69, 9.17) is 24.3 Å². The van der Waals surface area contributed by atoms with Crippen LogP contribution < -0.4 is 0 Å². The molecule has 0 aromatic heterocycles. The molecule has 0 bridgehead atoms. The largest absolute Gasteiger partial charge is 0.457 e. The second kappa shape index (κ2) is 18.1. The van der Waals surface area contributed by atoms with Crippen LogP contribution >= 0.6 is 9.90 Å². The third-order valence-corrected chi connectivity index (χ3v) is 13.0. The van der Waals surface area contributed by atoms with Crippen LogP contribution in [0.1, 0.15) is 119 Å². The van der Waals surface area contributed by atoms with Crippen molar-refractivity contribution in [3.05, 3.63) is 33.5 Å². The fourth-order valence-corrected chi connectivity index (χ4v) is 9.83. The molecule has 5 rings (SSSR count). The maximum absolute atomic E-state index is 12.8. The molecule has 3 heterocycles. The van der Waals surface area contributed by atoms with E-state index in [1.54, 1.807) is 15.9 Å². The Kier molecular flexibility index (Phi) is 15.3. The van der Waals surface area contributed by atoms with E-state index in [0.29, 0.717) is 58.2 Å². The molecular formula is C40H74BN8O8P. The number of hydrogen-bond donors (Lipinski definition) is 0. The Labute approximate surface area is 352 Å². The van der Waals surface area contributed by atoms with Gasteiger partial charge in [0.1, 0.15) is 33.8 Å². The van der Waals surface area contributed by atoms with Gasteiger partial charge in [-0.15, -0.1) is 6.58 Å². The average Bonchev–Trinajstić information content (AvgIpc) is 3.83. The van der Waals surface area contributed by atoms with Crippen LogP contribution in [0.2, 0.25) is 6.32 Å². The monoisotopic (exact) mass is 837 g/mol. The van der Waals surface area contributed by atoms with Crippen LogP contribution in [0.25, 0.3) is 20.9 Å². The van der Waals surface area contributed by atoms with Crippen molar-refractivity contribution in [3.8, 4) is 0 Å². The van der Waals surface area contributed by atoms with Crippen LogP contribution in [-0.2, 0) is 28.4 Å². The number of carbonyl (C=O) groups is 4. The second-order valence-corrected chi connectivity index (χ2v) is 19.7. The number of nitrogens with zero attached hydrogens (tertiary/aromatic N) is 8. The van der Waals surface area contributed by atoms with Gasteiger partial charge >= 0.3 is 19.3 Å². The van der Waals surface area contributed by atoms with Gasteiger partial charge in [0.2, 0.25) is 0 Å². The summed E-state index contributed by atoms with van der Waals surface area (Å²) in [6.45, 7) is 28.0. The zero-order valence-corrected chi connectivity index (χ0v) is 38.4. The minimum absolute atomic E-state index is 0. The summed E-state index contributed by atoms with van der Waals surface area (Å²) in [5.74, 6) is -0.0168. The molecule has 0 spiro atoms. The van der Waals surface area contributed by atoms with Crippen molar-refractivity contribution in [2.45, 2.75) is 155 Å². The number of ether oxygens (including phenoxy) is 2. The fraction of sp³-hybridized carbons (Fsp3) is 0.850. The standard InChI is InChI=1S/C23H39BN4O5.C17H26N4O3.H3P.3H2/c1-15(29)23(26-27-25)12-16-13-28(19(30)31-20(2,3)4)14-17(16)18(23)10-9-11-24-32-21(5,6)22(7,8)33-24;1-6-7-14-13-10-21(15(23)24-16(3,4)5)9-12(13)8-17(14,11(2)22)19-20-18;;;;/h16-18H,9-14H2,1-8H3;6,12-14H,1,7-10H2,2-5H3;1H3;3*1H/t16-,17+,18-,23+;12-,13+,14-,17+;;;;/m00..../s1. The zero-order valence-electron chi connectivity index (χ0n) is 36.9. The number of rotatable bonds is 10. The molecule has 18 heteroatoms. The Morgan fingerprint density at radius 1 is 0.793 bits per heavy atom. The maximum atomic E-state index is 12.8. The van der Waals surface area contributed by atoms with E-state index in [-0.39, 0.29) is 91.8 Å². The molecular weight excluding hydrogens is 762 g/mol. The molecule has 0 aromatic carbocycles. The summed E-state index contributed by atoms with van der Waals surface area (Å²) < 4.78 is 23.2. The average molecular weight is 837 g/mol. The molecule has 3 saturated heterocycles. The van der Waals surface area contributed by atoms with E-state index in [2.05, 4.69) is 26.6 Å². The Morgan fingerprint density at radius 2 is 1.19 bits per heavy atom. The van der Waals surface area contributed by atoms with Gasteiger partial charge in [-0.2, -0.15) is 9.90 Å². The maximum Gasteiger partial charge on any atom is 0.457 e. The highest BCUT2D eigenvalue weighted by molar-refractivity contribution is 6.92. The highest BCUT2D eigenvalue weighted by atomic mass is 31.0. The summed E-state index contributed by atoms with van der Waals surface area (Å²) in [5.41, 5.74) is 14.3. The molecule has 330 valence electrons. The van der Waals surface area contributed by atoms with Crippen LogP contribution in [0, 0.1) is 35.5 Å². The van der Waals surface area contributed by atoms with E-state index < -0.39 is 22.3 Å². The smallest absolute Gasteiger partial charge is 0.444 e. The summed E-state index contributed by atoms with van der Waals surface area (Å²) in [4.78, 5) is 59.5. The number of ketones is 2. The molecule has 0 N–H and O–H groups in total. The van der Waals surface area contributed by atoms with Gasteiger partial charge in [0.25, 0.3) is 0 Å². The summed E-state index contributed by atoms with van der Waals surface area (Å²) in [6.07, 6.45) is 4.80. The fourth-order valence-electron chi connectivity index (χ4n) is 9.83. The third kappa shape index (κ3) is 10.3. The molecule has 9 atom stereocenters. The van der Waals surface area contributed by atoms with Gasteiger partial charge in [0, 0.05) is 40.3 Å². The number of allylic oxidation sites excluding steroid dienone is 1. The molecule has 5 fully saturated rings. The van der Waals surface area contributed by atoms with E-state index in [1.807, 2.05) is 69.2 Å². The number of Topliss-reactive ketones (excluding diaryl/α,β-unsaturated/α-hetero) is 2. The van der Waals surface area contributed by atoms with Crippen molar-refractivity contribution in [1.82, 2.24) is 9.80 Å². The minimum Gasteiger partial charge on any atom is -0.444 e. The van der Waals surface area contributed by atoms with Gasteiger partial charge in [-0.3, -0.25) is 9.59 Å². The zero-order chi connectivity index (χ0) is 42.9. The number of amides is 2. The first kappa shape index (κ1) is 49.0. The molecule has 58 heavy (non-hydrogen) atoms. The summed E-state index contributed by atoms with van der Waals surface area (Å²) in [6, 6.07) is 0. The van der Waals surface area contributed by atoms with Gasteiger partial charge in [-0.25, -0.2) is 9.59 Å². The Bertz CT molecular complexity index is 1660. The molecule has 3 aliphatic heterocycles. The van der Waals surface area contributed by atoms with Crippen LogP contribution in [0.3, 0.4) is 0 Å². The Hall–Kier alpha value is -3.35. The quantitative estimate of drug-likeness (QED) is 0.0515. The topological polar surface area (TPSA) is 209 Å². The van der Waals surface area contributed by atoms with E-state index in [1.165, 1.54) is 13.8 Å².